The highest BCUT2D eigenvalue weighted by Gasteiger charge is 2.11. The van der Waals surface area contributed by atoms with Crippen molar-refractivity contribution in [3.8, 4) is 0 Å². The second-order valence-corrected chi connectivity index (χ2v) is 5.60. The molecule has 120 valence electrons. The largest absolute Gasteiger partial charge is 0.385 e. The molecule has 1 aromatic rings. The van der Waals surface area contributed by atoms with E-state index in [1.54, 1.807) is 18.9 Å². The predicted molar refractivity (Wildman–Crippen MR) is 89.4 cm³/mol. The third-order valence-electron chi connectivity index (χ3n) is 2.91. The van der Waals surface area contributed by atoms with Crippen molar-refractivity contribution >= 4 is 23.7 Å². The molecule has 0 unspecified atom stereocenters. The third-order valence-corrected chi connectivity index (χ3v) is 3.84. The zero-order valence-electron chi connectivity index (χ0n) is 13.6. The fourth-order valence-corrected chi connectivity index (χ4v) is 2.48. The van der Waals surface area contributed by atoms with E-state index in [0.717, 1.165) is 55.9 Å². The first-order valence-corrected chi connectivity index (χ1v) is 8.60. The molecule has 0 saturated carbocycles. The maximum atomic E-state index is 5.07. The zero-order valence-corrected chi connectivity index (χ0v) is 14.4. The molecule has 0 aromatic carbocycles. The van der Waals surface area contributed by atoms with Crippen LogP contribution in [0.1, 0.15) is 33.6 Å². The van der Waals surface area contributed by atoms with Crippen molar-refractivity contribution in [3.63, 3.8) is 0 Å². The molecular weight excluding hydrogens is 286 g/mol. The Kier molecular flexibility index (Phi) is 9.09. The highest BCUT2D eigenvalue weighted by molar-refractivity contribution is 7.99. The van der Waals surface area contributed by atoms with E-state index in [4.69, 9.17) is 4.74 Å². The topological polar surface area (TPSA) is 63.2 Å². The lowest BCUT2D eigenvalue weighted by atomic mass is 10.5. The summed E-state index contributed by atoms with van der Waals surface area (Å²) in [7, 11) is 1.72. The molecule has 0 radical (unpaired) electrons. The zero-order chi connectivity index (χ0) is 15.5. The van der Waals surface area contributed by atoms with Crippen molar-refractivity contribution in [1.29, 1.82) is 0 Å². The lowest BCUT2D eigenvalue weighted by Gasteiger charge is -2.19. The molecule has 0 aliphatic rings. The smallest absolute Gasteiger partial charge is 0.231 e. The monoisotopic (exact) mass is 313 g/mol. The summed E-state index contributed by atoms with van der Waals surface area (Å²) in [5, 5.41) is 4.03. The molecule has 0 spiro atoms. The normalized spacial score (nSPS) is 10.7. The summed E-state index contributed by atoms with van der Waals surface area (Å²) in [6, 6.07) is 0. The van der Waals surface area contributed by atoms with Crippen LogP contribution in [-0.2, 0) is 4.74 Å². The first kappa shape index (κ1) is 18.0. The summed E-state index contributed by atoms with van der Waals surface area (Å²) < 4.78 is 5.07. The van der Waals surface area contributed by atoms with Gasteiger partial charge in [0.2, 0.25) is 11.9 Å². The van der Waals surface area contributed by atoms with Crippen molar-refractivity contribution in [2.75, 3.05) is 49.3 Å². The maximum Gasteiger partial charge on any atom is 0.231 e. The van der Waals surface area contributed by atoms with Gasteiger partial charge >= 0.3 is 0 Å². The van der Waals surface area contributed by atoms with Crippen LogP contribution in [0, 0.1) is 0 Å². The molecular formula is C14H27N5OS. The van der Waals surface area contributed by atoms with Crippen LogP contribution < -0.4 is 10.2 Å². The van der Waals surface area contributed by atoms with Gasteiger partial charge in [0.15, 0.2) is 5.16 Å². The number of nitrogens with one attached hydrogen (secondary N) is 1. The van der Waals surface area contributed by atoms with E-state index in [2.05, 4.69) is 45.9 Å². The van der Waals surface area contributed by atoms with Gasteiger partial charge in [-0.25, -0.2) is 0 Å². The first-order chi connectivity index (χ1) is 10.2. The minimum Gasteiger partial charge on any atom is -0.385 e. The molecule has 0 atom stereocenters. The molecule has 0 aliphatic carbocycles. The molecule has 1 aromatic heterocycles. The van der Waals surface area contributed by atoms with E-state index >= 15 is 0 Å². The molecule has 1 heterocycles. The molecule has 0 saturated heterocycles. The van der Waals surface area contributed by atoms with Crippen LogP contribution in [0.15, 0.2) is 5.16 Å². The highest BCUT2D eigenvalue weighted by Crippen LogP contribution is 2.19. The van der Waals surface area contributed by atoms with Crippen LogP contribution in [0.3, 0.4) is 0 Å². The van der Waals surface area contributed by atoms with Gasteiger partial charge in [0, 0.05) is 39.1 Å². The number of anilines is 2. The van der Waals surface area contributed by atoms with Gasteiger partial charge in [-0.15, -0.1) is 0 Å². The number of hydrogen-bond donors (Lipinski definition) is 1. The Labute approximate surface area is 132 Å². The Balaban J connectivity index is 2.81. The van der Waals surface area contributed by atoms with Gasteiger partial charge in [0.1, 0.15) is 0 Å². The number of thioether (sulfide) groups is 1. The Morgan fingerprint density at radius 2 is 1.90 bits per heavy atom. The summed E-state index contributed by atoms with van der Waals surface area (Å²) in [6.45, 7) is 9.76. The lowest BCUT2D eigenvalue weighted by Crippen LogP contribution is -2.25. The van der Waals surface area contributed by atoms with Crippen LogP contribution in [0.5, 0.6) is 0 Å². The molecule has 1 N–H and O–H groups in total. The second kappa shape index (κ2) is 10.6. The van der Waals surface area contributed by atoms with E-state index in [0.29, 0.717) is 5.95 Å². The molecule has 0 fully saturated rings. The third kappa shape index (κ3) is 6.48. The van der Waals surface area contributed by atoms with E-state index in [1.807, 2.05) is 0 Å². The summed E-state index contributed by atoms with van der Waals surface area (Å²) in [5.74, 6) is 2.37. The molecule has 21 heavy (non-hydrogen) atoms. The second-order valence-electron chi connectivity index (χ2n) is 4.54. The van der Waals surface area contributed by atoms with Crippen LogP contribution in [0.2, 0.25) is 0 Å². The highest BCUT2D eigenvalue weighted by atomic mass is 32.2. The van der Waals surface area contributed by atoms with Crippen molar-refractivity contribution in [2.24, 2.45) is 0 Å². The Morgan fingerprint density at radius 3 is 2.52 bits per heavy atom. The summed E-state index contributed by atoms with van der Waals surface area (Å²) in [6.07, 6.45) is 2.04. The fourth-order valence-electron chi connectivity index (χ4n) is 1.74. The van der Waals surface area contributed by atoms with Gasteiger partial charge in [0.05, 0.1) is 0 Å². The van der Waals surface area contributed by atoms with Gasteiger partial charge in [0.25, 0.3) is 0 Å². The molecule has 0 bridgehead atoms. The SMILES string of the molecule is CCCNc1nc(SCCCOC)nc(N(CC)CC)n1. The minimum absolute atomic E-state index is 0.669. The average Bonchev–Trinajstić information content (AvgIpc) is 2.51. The van der Waals surface area contributed by atoms with E-state index < -0.39 is 0 Å². The number of methoxy groups -OCH3 is 1. The summed E-state index contributed by atoms with van der Waals surface area (Å²) in [4.78, 5) is 15.7. The van der Waals surface area contributed by atoms with Crippen molar-refractivity contribution in [2.45, 2.75) is 38.8 Å². The molecule has 7 heteroatoms. The van der Waals surface area contributed by atoms with Gasteiger partial charge in [-0.3, -0.25) is 0 Å². The Hall–Kier alpha value is -1.08. The fraction of sp³-hybridized carbons (Fsp3) is 0.786. The predicted octanol–water partition coefficient (Wildman–Crippen LogP) is 2.67. The van der Waals surface area contributed by atoms with Crippen LogP contribution in [-0.4, -0.2) is 54.1 Å². The molecule has 0 aliphatic heterocycles. The quantitative estimate of drug-likeness (QED) is 0.498. The van der Waals surface area contributed by atoms with Crippen molar-refractivity contribution in [1.82, 2.24) is 15.0 Å². The lowest BCUT2D eigenvalue weighted by molar-refractivity contribution is 0.200. The van der Waals surface area contributed by atoms with E-state index in [1.165, 1.54) is 0 Å². The molecule has 6 nitrogen and oxygen atoms in total. The van der Waals surface area contributed by atoms with Crippen molar-refractivity contribution in [3.05, 3.63) is 0 Å². The van der Waals surface area contributed by atoms with Gasteiger partial charge in [-0.2, -0.15) is 15.0 Å². The number of nitrogens with zero attached hydrogens (tertiary/aromatic N) is 4. The van der Waals surface area contributed by atoms with E-state index in [9.17, 15) is 0 Å². The number of hydrogen-bond acceptors (Lipinski definition) is 7. The van der Waals surface area contributed by atoms with Gasteiger partial charge < -0.3 is 15.0 Å². The van der Waals surface area contributed by atoms with Gasteiger partial charge in [-0.05, 0) is 26.7 Å². The Morgan fingerprint density at radius 1 is 1.14 bits per heavy atom. The van der Waals surface area contributed by atoms with E-state index in [-0.39, 0.29) is 0 Å². The maximum absolute atomic E-state index is 5.07. The minimum atomic E-state index is 0.669. The first-order valence-electron chi connectivity index (χ1n) is 7.61. The van der Waals surface area contributed by atoms with Crippen LogP contribution in [0.25, 0.3) is 0 Å². The number of aromatic nitrogens is 3. The standard InChI is InChI=1S/C14H27N5OS/c1-5-9-15-12-16-13(19(6-2)7-3)18-14(17-12)21-11-8-10-20-4/h5-11H2,1-4H3,(H,15,16,17,18). The van der Waals surface area contributed by atoms with Crippen LogP contribution in [0.4, 0.5) is 11.9 Å². The summed E-state index contributed by atoms with van der Waals surface area (Å²) >= 11 is 1.65. The number of rotatable bonds is 11. The Bertz CT molecular complexity index is 401. The number of ether oxygens (including phenoxy) is 1. The van der Waals surface area contributed by atoms with Gasteiger partial charge in [-0.1, -0.05) is 18.7 Å². The van der Waals surface area contributed by atoms with Crippen LogP contribution >= 0.6 is 11.8 Å². The van der Waals surface area contributed by atoms with Crippen molar-refractivity contribution < 1.29 is 4.74 Å². The molecule has 0 amide bonds. The summed E-state index contributed by atoms with van der Waals surface area (Å²) in [5.41, 5.74) is 0. The average molecular weight is 313 g/mol. The molecule has 1 rings (SSSR count).